The molecule has 2 aromatic carbocycles. The molecule has 0 bridgehead atoms. The van der Waals surface area contributed by atoms with Crippen LogP contribution in [0.4, 0.5) is 5.69 Å². The summed E-state index contributed by atoms with van der Waals surface area (Å²) in [4.78, 5) is 25.7. The Kier molecular flexibility index (Phi) is 7.87. The Morgan fingerprint density at radius 3 is 2.57 bits per heavy atom. The molecule has 4 aromatic rings. The highest BCUT2D eigenvalue weighted by molar-refractivity contribution is 6.08. The number of amides is 1. The van der Waals surface area contributed by atoms with Crippen LogP contribution in [0.1, 0.15) is 61.4 Å². The first-order valence-electron chi connectivity index (χ1n) is 11.9. The monoisotopic (exact) mass is 475 g/mol. The van der Waals surface area contributed by atoms with E-state index in [9.17, 15) is 9.59 Å². The van der Waals surface area contributed by atoms with Crippen LogP contribution in [0.5, 0.6) is 5.75 Å². The molecule has 9 nitrogen and oxygen atoms in total. The second-order valence-corrected chi connectivity index (χ2v) is 8.51. The van der Waals surface area contributed by atoms with Crippen molar-refractivity contribution < 1.29 is 13.9 Å². The largest absolute Gasteiger partial charge is 0.494 e. The third-order valence-electron chi connectivity index (χ3n) is 5.68. The van der Waals surface area contributed by atoms with Crippen LogP contribution < -0.4 is 15.5 Å². The van der Waals surface area contributed by atoms with Crippen molar-refractivity contribution in [1.82, 2.24) is 20.6 Å². The van der Waals surface area contributed by atoms with E-state index in [1.54, 1.807) is 36.4 Å². The lowest BCUT2D eigenvalue weighted by molar-refractivity contribution is 0.102. The molecule has 0 spiro atoms. The van der Waals surface area contributed by atoms with Crippen molar-refractivity contribution in [3.63, 3.8) is 0 Å². The Morgan fingerprint density at radius 2 is 1.83 bits per heavy atom. The Balaban J connectivity index is 1.45. The second kappa shape index (κ2) is 11.4. The second-order valence-electron chi connectivity index (χ2n) is 8.51. The number of hydrogen-bond acceptors (Lipinski definition) is 7. The molecule has 182 valence electrons. The Morgan fingerprint density at radius 1 is 1.06 bits per heavy atom. The van der Waals surface area contributed by atoms with Crippen LogP contribution >= 0.6 is 0 Å². The van der Waals surface area contributed by atoms with Gasteiger partial charge in [-0.15, -0.1) is 5.10 Å². The summed E-state index contributed by atoms with van der Waals surface area (Å²) < 4.78 is 11.7. The van der Waals surface area contributed by atoms with Gasteiger partial charge in [0.05, 0.1) is 17.7 Å². The molecule has 0 aliphatic carbocycles. The highest BCUT2D eigenvalue weighted by Crippen LogP contribution is 2.27. The number of carbonyl (C=O) groups excluding carboxylic acids is 1. The summed E-state index contributed by atoms with van der Waals surface area (Å²) in [6, 6.07) is 11.8. The summed E-state index contributed by atoms with van der Waals surface area (Å²) in [6.45, 7) is 4.72. The molecule has 2 heterocycles. The van der Waals surface area contributed by atoms with E-state index in [4.69, 9.17) is 9.15 Å². The quantitative estimate of drug-likeness (QED) is 0.283. The first kappa shape index (κ1) is 24.1. The molecule has 1 amide bonds. The van der Waals surface area contributed by atoms with Crippen LogP contribution in [0.15, 0.2) is 51.7 Å². The van der Waals surface area contributed by atoms with Crippen molar-refractivity contribution >= 4 is 22.6 Å². The third-order valence-corrected chi connectivity index (χ3v) is 5.68. The zero-order valence-corrected chi connectivity index (χ0v) is 20.0. The predicted molar refractivity (Wildman–Crippen MR) is 134 cm³/mol. The van der Waals surface area contributed by atoms with E-state index in [0.717, 1.165) is 24.2 Å². The topological polar surface area (TPSA) is 123 Å². The number of aromatic nitrogens is 4. The van der Waals surface area contributed by atoms with Crippen LogP contribution in [0.25, 0.3) is 22.6 Å². The van der Waals surface area contributed by atoms with E-state index < -0.39 is 0 Å². The van der Waals surface area contributed by atoms with Crippen LogP contribution in [0.2, 0.25) is 0 Å². The average molecular weight is 476 g/mol. The molecule has 2 N–H and O–H groups in total. The van der Waals surface area contributed by atoms with Gasteiger partial charge in [0.1, 0.15) is 5.75 Å². The highest BCUT2D eigenvalue weighted by Gasteiger charge is 2.16. The zero-order valence-electron chi connectivity index (χ0n) is 20.0. The molecule has 0 radical (unpaired) electrons. The first-order chi connectivity index (χ1) is 17.0. The molecule has 0 saturated heterocycles. The number of tetrazole rings is 1. The molecule has 0 unspecified atom stereocenters. The predicted octanol–water partition coefficient (Wildman–Crippen LogP) is 5.27. The maximum Gasteiger partial charge on any atom is 0.255 e. The molecule has 0 atom stereocenters. The van der Waals surface area contributed by atoms with Gasteiger partial charge in [0, 0.05) is 11.6 Å². The van der Waals surface area contributed by atoms with Crippen molar-refractivity contribution in [2.45, 2.75) is 52.4 Å². The van der Waals surface area contributed by atoms with Crippen molar-refractivity contribution in [2.75, 3.05) is 11.9 Å². The number of benzene rings is 2. The van der Waals surface area contributed by atoms with Gasteiger partial charge >= 0.3 is 0 Å². The number of nitrogens with zero attached hydrogens (tertiary/aromatic N) is 3. The van der Waals surface area contributed by atoms with Gasteiger partial charge in [0.15, 0.2) is 16.8 Å². The minimum absolute atomic E-state index is 0.179. The number of H-pyrrole nitrogens is 1. The number of unbranched alkanes of at least 4 members (excludes halogenated alkanes) is 5. The molecule has 4 rings (SSSR count). The zero-order chi connectivity index (χ0) is 24.6. The fourth-order valence-corrected chi connectivity index (χ4v) is 3.84. The van der Waals surface area contributed by atoms with E-state index >= 15 is 0 Å². The smallest absolute Gasteiger partial charge is 0.255 e. The molecule has 2 aromatic heterocycles. The van der Waals surface area contributed by atoms with Gasteiger partial charge in [0.25, 0.3) is 5.91 Å². The lowest BCUT2D eigenvalue weighted by Gasteiger charge is -2.11. The Bertz CT molecular complexity index is 1330. The molecule has 0 saturated carbocycles. The number of ether oxygens (including phenoxy) is 1. The molecule has 9 heteroatoms. The van der Waals surface area contributed by atoms with Crippen molar-refractivity contribution in [1.29, 1.82) is 0 Å². The molecule has 35 heavy (non-hydrogen) atoms. The van der Waals surface area contributed by atoms with Gasteiger partial charge in [-0.2, -0.15) is 0 Å². The average Bonchev–Trinajstić information content (AvgIpc) is 3.39. The summed E-state index contributed by atoms with van der Waals surface area (Å²) >= 11 is 0. The van der Waals surface area contributed by atoms with Gasteiger partial charge < -0.3 is 14.5 Å². The SMILES string of the molecule is CCCCCCCCOc1ccc(C(=O)Nc2cc(C)cc3c(=O)cc(-c4nnn[nH]4)oc23)cc1. The Hall–Kier alpha value is -4.01. The summed E-state index contributed by atoms with van der Waals surface area (Å²) in [5.41, 5.74) is 1.66. The number of hydrogen-bond donors (Lipinski definition) is 2. The van der Waals surface area contributed by atoms with E-state index in [2.05, 4.69) is 32.9 Å². The number of fused-ring (bicyclic) bond motifs is 1. The van der Waals surface area contributed by atoms with Gasteiger partial charge in [-0.3, -0.25) is 9.59 Å². The van der Waals surface area contributed by atoms with Crippen molar-refractivity contribution in [3.05, 3.63) is 63.8 Å². The van der Waals surface area contributed by atoms with Gasteiger partial charge in [-0.05, 0) is 65.7 Å². The number of rotatable bonds is 11. The number of aryl methyl sites for hydroxylation is 1. The van der Waals surface area contributed by atoms with Gasteiger partial charge in [-0.1, -0.05) is 39.0 Å². The number of aromatic amines is 1. The summed E-state index contributed by atoms with van der Waals surface area (Å²) in [5.74, 6) is 0.804. The van der Waals surface area contributed by atoms with Gasteiger partial charge in [0.2, 0.25) is 5.82 Å². The maximum absolute atomic E-state index is 13.0. The first-order valence-corrected chi connectivity index (χ1v) is 11.9. The summed E-state index contributed by atoms with van der Waals surface area (Å²) in [5, 5.41) is 16.6. The van der Waals surface area contributed by atoms with Gasteiger partial charge in [-0.25, -0.2) is 5.10 Å². The summed E-state index contributed by atoms with van der Waals surface area (Å²) in [7, 11) is 0. The van der Waals surface area contributed by atoms with Crippen LogP contribution in [-0.2, 0) is 0 Å². The molecular formula is C26H29N5O4. The van der Waals surface area contributed by atoms with Crippen molar-refractivity contribution in [2.24, 2.45) is 0 Å². The standard InChI is InChI=1S/C26H29N5O4/c1-3-4-5-6-7-8-13-34-19-11-9-18(10-12-19)26(33)27-21-15-17(2)14-20-22(32)16-23(35-24(20)21)25-28-30-31-29-25/h9-12,14-16H,3-8,13H2,1-2H3,(H,27,33)(H,28,29,30,31). The Labute approximate surface area is 202 Å². The minimum Gasteiger partial charge on any atom is -0.494 e. The molecule has 0 aliphatic heterocycles. The highest BCUT2D eigenvalue weighted by atomic mass is 16.5. The van der Waals surface area contributed by atoms with E-state index in [0.29, 0.717) is 23.2 Å². The lowest BCUT2D eigenvalue weighted by atomic mass is 10.1. The minimum atomic E-state index is -0.325. The number of carbonyl (C=O) groups is 1. The number of nitrogens with one attached hydrogen (secondary N) is 2. The maximum atomic E-state index is 13.0. The molecule has 0 aliphatic rings. The fraction of sp³-hybridized carbons (Fsp3) is 0.346. The summed E-state index contributed by atoms with van der Waals surface area (Å²) in [6.07, 6.45) is 7.22. The third kappa shape index (κ3) is 6.11. The molecular weight excluding hydrogens is 446 g/mol. The molecule has 0 fully saturated rings. The van der Waals surface area contributed by atoms with Crippen LogP contribution in [0, 0.1) is 6.92 Å². The van der Waals surface area contributed by atoms with E-state index in [1.165, 1.54) is 31.7 Å². The van der Waals surface area contributed by atoms with Crippen molar-refractivity contribution in [3.8, 4) is 17.3 Å². The number of anilines is 1. The van der Waals surface area contributed by atoms with Crippen LogP contribution in [0.3, 0.4) is 0 Å². The van der Waals surface area contributed by atoms with E-state index in [1.807, 2.05) is 6.92 Å². The lowest BCUT2D eigenvalue weighted by Crippen LogP contribution is -2.13. The fourth-order valence-electron chi connectivity index (χ4n) is 3.84. The van der Waals surface area contributed by atoms with Crippen LogP contribution in [-0.4, -0.2) is 33.1 Å². The van der Waals surface area contributed by atoms with E-state index in [-0.39, 0.29) is 28.5 Å². The normalized spacial score (nSPS) is 11.0.